The number of carbonyl (C=O) groups is 1. The first-order chi connectivity index (χ1) is 12.0. The van der Waals surface area contributed by atoms with Crippen molar-refractivity contribution in [1.82, 2.24) is 24.4 Å². The van der Waals surface area contributed by atoms with E-state index in [1.54, 1.807) is 6.20 Å². The molecule has 134 valence electrons. The molecule has 2 aromatic heterocycles. The Morgan fingerprint density at radius 2 is 2.24 bits per heavy atom. The molecule has 3 heterocycles. The van der Waals surface area contributed by atoms with E-state index in [1.165, 1.54) is 0 Å². The third-order valence-corrected chi connectivity index (χ3v) is 4.94. The van der Waals surface area contributed by atoms with E-state index in [1.807, 2.05) is 31.3 Å². The minimum atomic E-state index is -0.330. The Balaban J connectivity index is 1.57. The van der Waals surface area contributed by atoms with Gasteiger partial charge in [0.2, 0.25) is 5.91 Å². The zero-order valence-electron chi connectivity index (χ0n) is 14.9. The summed E-state index contributed by atoms with van der Waals surface area (Å²) in [6.07, 6.45) is 8.84. The van der Waals surface area contributed by atoms with Gasteiger partial charge in [0.25, 0.3) is 0 Å². The first-order valence-electron chi connectivity index (χ1n) is 8.83. The molecule has 1 amide bonds. The van der Waals surface area contributed by atoms with Crippen molar-refractivity contribution in [2.45, 2.75) is 46.1 Å². The second-order valence-corrected chi connectivity index (χ2v) is 6.84. The van der Waals surface area contributed by atoms with Crippen LogP contribution >= 0.6 is 0 Å². The predicted octanol–water partition coefficient (Wildman–Crippen LogP) is 1.45. The largest absolute Gasteiger partial charge is 0.345 e. The number of amides is 1. The molecule has 0 aliphatic carbocycles. The maximum Gasteiger partial charge on any atom is 0.345 e. The maximum absolute atomic E-state index is 12.6. The highest BCUT2D eigenvalue weighted by molar-refractivity contribution is 5.76. The molecule has 0 saturated carbocycles. The number of nitrogens with one attached hydrogen (secondary N) is 1. The standard InChI is InChI=1S/C18H25N5O2/c1-13-16(14(2)21-18(25)20-13)5-6-17(24)23-8-3-4-15(11-23)10-22-9-7-19-12-22/h7,9,12,15H,3-6,8,10-11H2,1-2H3,(H,20,21,25)/t15-/m1/s1. The fraction of sp³-hybridized carbons (Fsp3) is 0.556. The lowest BCUT2D eigenvalue weighted by molar-refractivity contribution is -0.133. The number of aromatic amines is 1. The highest BCUT2D eigenvalue weighted by atomic mass is 16.2. The van der Waals surface area contributed by atoms with Crippen molar-refractivity contribution >= 4 is 5.91 Å². The van der Waals surface area contributed by atoms with Crippen LogP contribution in [0, 0.1) is 19.8 Å². The van der Waals surface area contributed by atoms with E-state index >= 15 is 0 Å². The summed E-state index contributed by atoms with van der Waals surface area (Å²) in [5.41, 5.74) is 2.16. The number of aromatic nitrogens is 4. The highest BCUT2D eigenvalue weighted by Crippen LogP contribution is 2.20. The Kier molecular flexibility index (Phi) is 5.31. The number of hydrogen-bond donors (Lipinski definition) is 1. The van der Waals surface area contributed by atoms with Gasteiger partial charge in [-0.05, 0) is 44.6 Å². The zero-order valence-corrected chi connectivity index (χ0v) is 14.9. The van der Waals surface area contributed by atoms with Crippen molar-refractivity contribution in [2.24, 2.45) is 5.92 Å². The van der Waals surface area contributed by atoms with Gasteiger partial charge in [-0.2, -0.15) is 4.98 Å². The molecule has 0 bridgehead atoms. The number of aryl methyl sites for hydroxylation is 2. The molecule has 25 heavy (non-hydrogen) atoms. The van der Waals surface area contributed by atoms with Crippen LogP contribution < -0.4 is 5.69 Å². The summed E-state index contributed by atoms with van der Waals surface area (Å²) < 4.78 is 2.08. The Morgan fingerprint density at radius 3 is 2.96 bits per heavy atom. The Hall–Kier alpha value is -2.44. The molecular formula is C18H25N5O2. The van der Waals surface area contributed by atoms with Gasteiger partial charge in [0.15, 0.2) is 0 Å². The molecule has 0 radical (unpaired) electrons. The Labute approximate surface area is 147 Å². The van der Waals surface area contributed by atoms with E-state index in [4.69, 9.17) is 0 Å². The van der Waals surface area contributed by atoms with E-state index in [-0.39, 0.29) is 11.6 Å². The van der Waals surface area contributed by atoms with Crippen molar-refractivity contribution < 1.29 is 4.79 Å². The van der Waals surface area contributed by atoms with Crippen LogP contribution in [0.3, 0.4) is 0 Å². The second kappa shape index (κ2) is 7.63. The van der Waals surface area contributed by atoms with Gasteiger partial charge in [-0.1, -0.05) is 0 Å². The van der Waals surface area contributed by atoms with Crippen LogP contribution in [-0.2, 0) is 17.8 Å². The van der Waals surface area contributed by atoms with Crippen molar-refractivity contribution in [1.29, 1.82) is 0 Å². The molecule has 3 rings (SSSR count). The quantitative estimate of drug-likeness (QED) is 0.891. The molecule has 1 saturated heterocycles. The van der Waals surface area contributed by atoms with Gasteiger partial charge >= 0.3 is 5.69 Å². The minimum Gasteiger partial charge on any atom is -0.342 e. The van der Waals surface area contributed by atoms with Crippen molar-refractivity contribution in [2.75, 3.05) is 13.1 Å². The topological polar surface area (TPSA) is 83.9 Å². The molecule has 7 nitrogen and oxygen atoms in total. The van der Waals surface area contributed by atoms with Gasteiger partial charge in [-0.25, -0.2) is 9.78 Å². The molecule has 2 aromatic rings. The maximum atomic E-state index is 12.6. The number of imidazole rings is 1. The Morgan fingerprint density at radius 1 is 1.40 bits per heavy atom. The number of H-pyrrole nitrogens is 1. The monoisotopic (exact) mass is 343 g/mol. The average molecular weight is 343 g/mol. The molecule has 0 spiro atoms. The minimum absolute atomic E-state index is 0.181. The molecule has 1 atom stereocenters. The van der Waals surface area contributed by atoms with Crippen molar-refractivity contribution in [3.05, 3.63) is 46.2 Å². The normalized spacial score (nSPS) is 17.7. The highest BCUT2D eigenvalue weighted by Gasteiger charge is 2.24. The lowest BCUT2D eigenvalue weighted by Gasteiger charge is -2.33. The van der Waals surface area contributed by atoms with E-state index in [0.29, 0.717) is 24.5 Å². The molecule has 1 aliphatic heterocycles. The number of carbonyl (C=O) groups excluding carboxylic acids is 1. The van der Waals surface area contributed by atoms with E-state index in [0.717, 1.165) is 43.7 Å². The summed E-state index contributed by atoms with van der Waals surface area (Å²) in [5, 5.41) is 0. The van der Waals surface area contributed by atoms with Crippen LogP contribution in [0.5, 0.6) is 0 Å². The lowest BCUT2D eigenvalue weighted by atomic mass is 9.97. The van der Waals surface area contributed by atoms with Crippen LogP contribution in [0.4, 0.5) is 0 Å². The third kappa shape index (κ3) is 4.35. The van der Waals surface area contributed by atoms with Gasteiger partial charge in [-0.3, -0.25) is 4.79 Å². The van der Waals surface area contributed by atoms with Crippen LogP contribution in [0.1, 0.15) is 36.2 Å². The van der Waals surface area contributed by atoms with E-state index in [9.17, 15) is 9.59 Å². The van der Waals surface area contributed by atoms with E-state index in [2.05, 4.69) is 19.5 Å². The summed E-state index contributed by atoms with van der Waals surface area (Å²) in [7, 11) is 0. The summed E-state index contributed by atoms with van der Waals surface area (Å²) in [5.74, 6) is 0.658. The third-order valence-electron chi connectivity index (χ3n) is 4.94. The zero-order chi connectivity index (χ0) is 17.8. The molecule has 7 heteroatoms. The van der Waals surface area contributed by atoms with Crippen molar-refractivity contribution in [3.8, 4) is 0 Å². The fourth-order valence-electron chi connectivity index (χ4n) is 3.65. The molecular weight excluding hydrogens is 318 g/mol. The number of likely N-dealkylation sites (tertiary alicyclic amines) is 1. The van der Waals surface area contributed by atoms with Crippen LogP contribution in [-0.4, -0.2) is 43.4 Å². The SMILES string of the molecule is Cc1nc(=O)[nH]c(C)c1CCC(=O)N1CCC[C@H](Cn2ccnc2)C1. The molecule has 1 N–H and O–H groups in total. The molecule has 1 aliphatic rings. The van der Waals surface area contributed by atoms with Crippen LogP contribution in [0.25, 0.3) is 0 Å². The van der Waals surface area contributed by atoms with Gasteiger partial charge < -0.3 is 14.5 Å². The molecule has 1 fully saturated rings. The Bertz CT molecular complexity index is 755. The van der Waals surface area contributed by atoms with Gasteiger partial charge in [0.05, 0.1) is 6.33 Å². The number of rotatable bonds is 5. The van der Waals surface area contributed by atoms with E-state index < -0.39 is 0 Å². The summed E-state index contributed by atoms with van der Waals surface area (Å²) in [4.78, 5) is 36.7. The number of hydrogen-bond acceptors (Lipinski definition) is 4. The van der Waals surface area contributed by atoms with Crippen molar-refractivity contribution in [3.63, 3.8) is 0 Å². The van der Waals surface area contributed by atoms with Gasteiger partial charge in [0, 0.05) is 49.8 Å². The summed E-state index contributed by atoms with van der Waals surface area (Å²) in [6, 6.07) is 0. The van der Waals surface area contributed by atoms with Crippen LogP contribution in [0.2, 0.25) is 0 Å². The first kappa shape index (κ1) is 17.4. The smallest absolute Gasteiger partial charge is 0.342 e. The van der Waals surface area contributed by atoms with Crippen LogP contribution in [0.15, 0.2) is 23.5 Å². The fourth-order valence-corrected chi connectivity index (χ4v) is 3.65. The lowest BCUT2D eigenvalue weighted by Crippen LogP contribution is -2.41. The molecule has 0 aromatic carbocycles. The average Bonchev–Trinajstić information content (AvgIpc) is 3.07. The molecule has 0 unspecified atom stereocenters. The van der Waals surface area contributed by atoms with Gasteiger partial charge in [-0.15, -0.1) is 0 Å². The van der Waals surface area contributed by atoms with Gasteiger partial charge in [0.1, 0.15) is 0 Å². The number of nitrogens with zero attached hydrogens (tertiary/aromatic N) is 4. The summed E-state index contributed by atoms with van der Waals surface area (Å²) >= 11 is 0. The number of piperidine rings is 1. The second-order valence-electron chi connectivity index (χ2n) is 6.84. The predicted molar refractivity (Wildman–Crippen MR) is 94.2 cm³/mol. The summed E-state index contributed by atoms with van der Waals surface area (Å²) in [6.45, 7) is 6.23. The first-order valence-corrected chi connectivity index (χ1v) is 8.83.